The molecule has 1 unspecified atom stereocenters. The molecule has 0 amide bonds. The zero-order valence-corrected chi connectivity index (χ0v) is 15.8. The summed E-state index contributed by atoms with van der Waals surface area (Å²) in [5.74, 6) is 0. The van der Waals surface area contributed by atoms with Crippen LogP contribution in [-0.4, -0.2) is 25.5 Å². The van der Waals surface area contributed by atoms with Crippen molar-refractivity contribution in [2.75, 3.05) is 0 Å². The molecule has 1 aliphatic rings. The molecule has 0 bridgehead atoms. The molecule has 1 N–H and O–H groups in total. The lowest BCUT2D eigenvalue weighted by Gasteiger charge is -2.47. The largest absolute Gasteiger partial charge is 0.382 e. The van der Waals surface area contributed by atoms with Crippen molar-refractivity contribution < 1.29 is 5.11 Å². The fraction of sp³-hybridized carbons (Fsp3) is 0.400. The molecule has 2 aromatic rings. The van der Waals surface area contributed by atoms with Crippen molar-refractivity contribution in [1.82, 2.24) is 14.8 Å². The van der Waals surface area contributed by atoms with Crippen molar-refractivity contribution in [1.29, 1.82) is 5.26 Å². The molecule has 0 saturated heterocycles. The number of nitrogens with zero attached hydrogens (tertiary/aromatic N) is 4. The number of hydrogen-bond donors (Lipinski definition) is 1. The molecule has 1 atom stereocenters. The van der Waals surface area contributed by atoms with Crippen LogP contribution in [-0.2, 0) is 6.54 Å². The van der Waals surface area contributed by atoms with Crippen molar-refractivity contribution in [3.05, 3.63) is 53.5 Å². The summed E-state index contributed by atoms with van der Waals surface area (Å²) >= 11 is 0.954. The third kappa shape index (κ3) is 3.61. The van der Waals surface area contributed by atoms with E-state index in [-0.39, 0.29) is 12.0 Å². The third-order valence-corrected chi connectivity index (χ3v) is 5.75. The van der Waals surface area contributed by atoms with E-state index in [0.29, 0.717) is 5.16 Å². The van der Waals surface area contributed by atoms with Gasteiger partial charge in [-0.1, -0.05) is 44.2 Å². The van der Waals surface area contributed by atoms with Gasteiger partial charge in [0.25, 0.3) is 0 Å². The summed E-state index contributed by atoms with van der Waals surface area (Å²) in [7, 11) is 0. The van der Waals surface area contributed by atoms with E-state index < -0.39 is 5.60 Å². The van der Waals surface area contributed by atoms with Crippen molar-refractivity contribution in [2.24, 2.45) is 5.41 Å². The standard InChI is InChI=1S/C20H22N4OS/c1-19(2)12-6-9-17(11-10-16-7-4-3-5-8-16)20(19,25)13-24-18(26-14-21)22-15-23-24/h3-5,7-8,10,15,25H,6,9,12-13H2,1-2H3. The Hall–Kier alpha value is -2.32. The molecule has 0 aliphatic heterocycles. The molecule has 1 aliphatic carbocycles. The first-order chi connectivity index (χ1) is 12.5. The molecule has 134 valence electrons. The smallest absolute Gasteiger partial charge is 0.200 e. The van der Waals surface area contributed by atoms with Crippen molar-refractivity contribution in [3.63, 3.8) is 0 Å². The van der Waals surface area contributed by atoms with E-state index in [1.807, 2.05) is 41.8 Å². The first-order valence-electron chi connectivity index (χ1n) is 8.63. The van der Waals surface area contributed by atoms with Crippen molar-refractivity contribution in [2.45, 2.75) is 50.4 Å². The molecule has 1 fully saturated rings. The van der Waals surface area contributed by atoms with Gasteiger partial charge in [-0.15, -0.1) is 5.73 Å². The number of hydrogen-bond acceptors (Lipinski definition) is 5. The Kier molecular flexibility index (Phi) is 5.33. The predicted octanol–water partition coefficient (Wildman–Crippen LogP) is 4.03. The van der Waals surface area contributed by atoms with Crippen LogP contribution in [0.25, 0.3) is 6.08 Å². The number of thiocyanates is 1. The average molecular weight is 366 g/mol. The topological polar surface area (TPSA) is 74.7 Å². The van der Waals surface area contributed by atoms with Crippen LogP contribution in [0.1, 0.15) is 38.7 Å². The summed E-state index contributed by atoms with van der Waals surface area (Å²) in [6.45, 7) is 4.41. The van der Waals surface area contributed by atoms with Gasteiger partial charge in [0.1, 0.15) is 17.3 Å². The molecule has 1 aromatic carbocycles. The first kappa shape index (κ1) is 18.5. The van der Waals surface area contributed by atoms with Gasteiger partial charge in [0.15, 0.2) is 0 Å². The second-order valence-corrected chi connectivity index (χ2v) is 7.92. The Morgan fingerprint density at radius 1 is 1.35 bits per heavy atom. The van der Waals surface area contributed by atoms with Gasteiger partial charge in [0.05, 0.1) is 6.54 Å². The first-order valence-corrected chi connectivity index (χ1v) is 9.45. The lowest BCUT2D eigenvalue weighted by molar-refractivity contribution is -0.0714. The molecule has 0 radical (unpaired) electrons. The summed E-state index contributed by atoms with van der Waals surface area (Å²) < 4.78 is 1.62. The zero-order chi connectivity index (χ0) is 18.6. The van der Waals surface area contributed by atoms with Gasteiger partial charge in [-0.05, 0) is 36.3 Å². The minimum atomic E-state index is -1.10. The lowest BCUT2D eigenvalue weighted by atomic mass is 9.63. The number of nitriles is 1. The molecule has 1 saturated carbocycles. The van der Waals surface area contributed by atoms with Crippen LogP contribution in [0.5, 0.6) is 0 Å². The van der Waals surface area contributed by atoms with Crippen molar-refractivity contribution in [3.8, 4) is 5.40 Å². The summed E-state index contributed by atoms with van der Waals surface area (Å²) in [4.78, 5) is 4.11. The average Bonchev–Trinajstić information content (AvgIpc) is 3.04. The fourth-order valence-corrected chi connectivity index (χ4v) is 3.85. The van der Waals surface area contributed by atoms with E-state index >= 15 is 0 Å². The highest BCUT2D eigenvalue weighted by Gasteiger charge is 2.49. The molecule has 0 spiro atoms. The van der Waals surface area contributed by atoms with Crippen LogP contribution in [0.2, 0.25) is 0 Å². The maximum absolute atomic E-state index is 11.7. The molecule has 1 aromatic heterocycles. The Bertz CT molecular complexity index is 875. The fourth-order valence-electron chi connectivity index (χ4n) is 3.45. The summed E-state index contributed by atoms with van der Waals surface area (Å²) in [5, 5.41) is 27.4. The zero-order valence-electron chi connectivity index (χ0n) is 15.0. The molecule has 26 heavy (non-hydrogen) atoms. The minimum Gasteiger partial charge on any atom is -0.382 e. The third-order valence-electron chi connectivity index (χ3n) is 5.16. The quantitative estimate of drug-likeness (QED) is 0.502. The van der Waals surface area contributed by atoms with Crippen LogP contribution >= 0.6 is 11.8 Å². The molecule has 1 heterocycles. The van der Waals surface area contributed by atoms with Gasteiger partial charge in [0.2, 0.25) is 5.16 Å². The van der Waals surface area contributed by atoms with Crippen LogP contribution in [0.4, 0.5) is 0 Å². The van der Waals surface area contributed by atoms with E-state index in [2.05, 4.69) is 29.7 Å². The van der Waals surface area contributed by atoms with Gasteiger partial charge in [-0.3, -0.25) is 0 Å². The van der Waals surface area contributed by atoms with Gasteiger partial charge in [-0.25, -0.2) is 9.67 Å². The monoisotopic (exact) mass is 366 g/mol. The molecule has 6 heteroatoms. The maximum atomic E-state index is 11.7. The number of rotatable bonds is 4. The number of aliphatic hydroxyl groups is 1. The number of aromatic nitrogens is 3. The van der Waals surface area contributed by atoms with E-state index in [1.54, 1.807) is 4.68 Å². The molecule has 3 rings (SSSR count). The Morgan fingerprint density at radius 2 is 2.12 bits per heavy atom. The van der Waals surface area contributed by atoms with Gasteiger partial charge >= 0.3 is 0 Å². The van der Waals surface area contributed by atoms with Crippen LogP contribution < -0.4 is 0 Å². The summed E-state index contributed by atoms with van der Waals surface area (Å²) in [5.41, 5.74) is 3.84. The van der Waals surface area contributed by atoms with Gasteiger partial charge < -0.3 is 5.11 Å². The van der Waals surface area contributed by atoms with Crippen molar-refractivity contribution >= 4 is 17.8 Å². The second kappa shape index (κ2) is 7.51. The number of thioether (sulfide) groups is 1. The van der Waals surface area contributed by atoms with E-state index in [4.69, 9.17) is 5.26 Å². The van der Waals surface area contributed by atoms with E-state index in [0.717, 1.165) is 42.2 Å². The summed E-state index contributed by atoms with van der Waals surface area (Å²) in [6, 6.07) is 9.97. The van der Waals surface area contributed by atoms with Crippen LogP contribution in [0.15, 0.2) is 53.1 Å². The highest BCUT2D eigenvalue weighted by Crippen LogP contribution is 2.47. The maximum Gasteiger partial charge on any atom is 0.200 e. The van der Waals surface area contributed by atoms with Gasteiger partial charge in [0, 0.05) is 17.3 Å². The van der Waals surface area contributed by atoms with Gasteiger partial charge in [-0.2, -0.15) is 10.4 Å². The van der Waals surface area contributed by atoms with Crippen LogP contribution in [0, 0.1) is 16.1 Å². The van der Waals surface area contributed by atoms with E-state index in [1.165, 1.54) is 6.33 Å². The highest BCUT2D eigenvalue weighted by molar-refractivity contribution is 8.03. The highest BCUT2D eigenvalue weighted by atomic mass is 32.2. The molecular weight excluding hydrogens is 344 g/mol. The molecule has 5 nitrogen and oxygen atoms in total. The van der Waals surface area contributed by atoms with E-state index in [9.17, 15) is 5.11 Å². The molecular formula is C20H22N4OS. The number of benzene rings is 1. The Morgan fingerprint density at radius 3 is 2.85 bits per heavy atom. The second-order valence-electron chi connectivity index (χ2n) is 7.17. The van der Waals surface area contributed by atoms with Crippen LogP contribution in [0.3, 0.4) is 0 Å². The lowest BCUT2D eigenvalue weighted by Crippen LogP contribution is -2.52. The Balaban J connectivity index is 2.01. The Labute approximate surface area is 158 Å². The summed E-state index contributed by atoms with van der Waals surface area (Å²) in [6.07, 6.45) is 6.06. The minimum absolute atomic E-state index is 0.259. The normalized spacial score (nSPS) is 21.7. The predicted molar refractivity (Wildman–Crippen MR) is 102 cm³/mol. The SMILES string of the molecule is CC1(C)CCCC(=C=Cc2ccccc2)C1(O)Cn1ncnc1SC#N.